The summed E-state index contributed by atoms with van der Waals surface area (Å²) in [4.78, 5) is 29.0. The van der Waals surface area contributed by atoms with Gasteiger partial charge >= 0.3 is 5.97 Å². The van der Waals surface area contributed by atoms with Crippen molar-refractivity contribution in [3.63, 3.8) is 0 Å². The molecule has 5 nitrogen and oxygen atoms in total. The molecule has 1 amide bonds. The molecule has 0 atom stereocenters. The second-order valence-corrected chi connectivity index (χ2v) is 7.05. The second kappa shape index (κ2) is 6.13. The maximum atomic E-state index is 12.5. The molecule has 1 aromatic rings. The van der Waals surface area contributed by atoms with Crippen LogP contribution in [0.15, 0.2) is 0 Å². The second-order valence-electron chi connectivity index (χ2n) is 6.02. The Kier molecular flexibility index (Phi) is 4.66. The topological polar surface area (TPSA) is 79.3 Å². The van der Waals surface area contributed by atoms with Crippen molar-refractivity contribution < 1.29 is 14.7 Å². The number of carboxylic acid groups (broad SMARTS) is 1. The number of thiazole rings is 1. The van der Waals surface area contributed by atoms with Crippen molar-refractivity contribution in [2.75, 3.05) is 0 Å². The Morgan fingerprint density at radius 2 is 1.90 bits per heavy atom. The number of carboxylic acids is 1. The van der Waals surface area contributed by atoms with E-state index in [1.54, 1.807) is 6.92 Å². The van der Waals surface area contributed by atoms with Crippen LogP contribution in [0.4, 0.5) is 0 Å². The minimum atomic E-state index is -1.11. The summed E-state index contributed by atoms with van der Waals surface area (Å²) in [7, 11) is 0. The molecule has 1 fully saturated rings. The fourth-order valence-electron chi connectivity index (χ4n) is 2.70. The van der Waals surface area contributed by atoms with Gasteiger partial charge in [0.05, 0.1) is 10.7 Å². The van der Waals surface area contributed by atoms with E-state index in [0.717, 1.165) is 24.3 Å². The first-order valence-electron chi connectivity index (χ1n) is 7.39. The Balaban J connectivity index is 2.21. The minimum Gasteiger partial charge on any atom is -0.480 e. The summed E-state index contributed by atoms with van der Waals surface area (Å²) in [6.45, 7) is 5.85. The number of aryl methyl sites for hydroxylation is 1. The Morgan fingerprint density at radius 3 is 2.38 bits per heavy atom. The van der Waals surface area contributed by atoms with Gasteiger partial charge in [0.1, 0.15) is 10.4 Å². The van der Waals surface area contributed by atoms with Gasteiger partial charge in [-0.15, -0.1) is 11.3 Å². The Labute approximate surface area is 128 Å². The molecule has 6 heteroatoms. The van der Waals surface area contributed by atoms with Crippen LogP contribution in [0.3, 0.4) is 0 Å². The van der Waals surface area contributed by atoms with E-state index in [-0.39, 0.29) is 11.8 Å². The normalized spacial score (nSPS) is 17.7. The number of rotatable bonds is 4. The first kappa shape index (κ1) is 15.9. The number of nitrogens with one attached hydrogen (secondary N) is 1. The quantitative estimate of drug-likeness (QED) is 0.895. The number of hydrogen-bond acceptors (Lipinski definition) is 4. The molecule has 0 bridgehead atoms. The van der Waals surface area contributed by atoms with Crippen LogP contribution in [0.25, 0.3) is 0 Å². The number of aliphatic carboxylic acids is 1. The fourth-order valence-corrected chi connectivity index (χ4v) is 3.66. The summed E-state index contributed by atoms with van der Waals surface area (Å²) in [6.07, 6.45) is 3.71. The summed E-state index contributed by atoms with van der Waals surface area (Å²) < 4.78 is 0. The van der Waals surface area contributed by atoms with Gasteiger partial charge in [0, 0.05) is 5.92 Å². The van der Waals surface area contributed by atoms with Gasteiger partial charge in [-0.3, -0.25) is 4.79 Å². The van der Waals surface area contributed by atoms with Gasteiger partial charge in [0.25, 0.3) is 5.91 Å². The highest BCUT2D eigenvalue weighted by atomic mass is 32.1. The van der Waals surface area contributed by atoms with E-state index in [1.807, 2.05) is 13.8 Å². The highest BCUT2D eigenvalue weighted by molar-refractivity contribution is 7.13. The average molecular weight is 310 g/mol. The SMILES string of the molecule is Cc1nc(C(C)C)sc1C(=O)NC1(C(=O)O)CCCCC1. The summed E-state index contributed by atoms with van der Waals surface area (Å²) in [6, 6.07) is 0. The third kappa shape index (κ3) is 3.26. The molecule has 0 radical (unpaired) electrons. The lowest BCUT2D eigenvalue weighted by molar-refractivity contribution is -0.145. The molecule has 0 aromatic carbocycles. The molecule has 1 aliphatic carbocycles. The van der Waals surface area contributed by atoms with Crippen molar-refractivity contribution >= 4 is 23.2 Å². The highest BCUT2D eigenvalue weighted by Crippen LogP contribution is 2.30. The third-order valence-corrected chi connectivity index (χ3v) is 5.44. The highest BCUT2D eigenvalue weighted by Gasteiger charge is 2.41. The van der Waals surface area contributed by atoms with Crippen molar-refractivity contribution in [1.29, 1.82) is 0 Å². The van der Waals surface area contributed by atoms with Crippen LogP contribution in [0.2, 0.25) is 0 Å². The molecule has 0 saturated heterocycles. The summed E-state index contributed by atoms with van der Waals surface area (Å²) in [5, 5.41) is 13.2. The van der Waals surface area contributed by atoms with E-state index in [4.69, 9.17) is 0 Å². The number of aromatic nitrogens is 1. The maximum absolute atomic E-state index is 12.5. The molecule has 1 heterocycles. The molecule has 1 saturated carbocycles. The first-order chi connectivity index (χ1) is 9.85. The van der Waals surface area contributed by atoms with Gasteiger partial charge in [-0.1, -0.05) is 33.1 Å². The maximum Gasteiger partial charge on any atom is 0.329 e. The molecule has 2 N–H and O–H groups in total. The summed E-state index contributed by atoms with van der Waals surface area (Å²) in [5.41, 5.74) is -0.429. The van der Waals surface area contributed by atoms with Crippen LogP contribution < -0.4 is 5.32 Å². The first-order valence-corrected chi connectivity index (χ1v) is 8.20. The fraction of sp³-hybridized carbons (Fsp3) is 0.667. The van der Waals surface area contributed by atoms with Gasteiger partial charge < -0.3 is 10.4 Å². The van der Waals surface area contributed by atoms with Crippen molar-refractivity contribution in [1.82, 2.24) is 10.3 Å². The van der Waals surface area contributed by atoms with Crippen LogP contribution in [0.5, 0.6) is 0 Å². The van der Waals surface area contributed by atoms with Crippen LogP contribution in [0, 0.1) is 6.92 Å². The van der Waals surface area contributed by atoms with Gasteiger partial charge in [0.15, 0.2) is 0 Å². The van der Waals surface area contributed by atoms with Crippen molar-refractivity contribution in [3.8, 4) is 0 Å². The molecule has 0 aliphatic heterocycles. The number of amides is 1. The molecular formula is C15H22N2O3S. The monoisotopic (exact) mass is 310 g/mol. The molecular weight excluding hydrogens is 288 g/mol. The van der Waals surface area contributed by atoms with E-state index >= 15 is 0 Å². The van der Waals surface area contributed by atoms with E-state index in [9.17, 15) is 14.7 Å². The lowest BCUT2D eigenvalue weighted by Crippen LogP contribution is -2.55. The largest absolute Gasteiger partial charge is 0.480 e. The number of nitrogens with zero attached hydrogens (tertiary/aromatic N) is 1. The standard InChI is InChI=1S/C15H22N2O3S/c1-9(2)13-16-10(3)11(21-13)12(18)17-15(14(19)20)7-5-4-6-8-15/h9H,4-8H2,1-3H3,(H,17,18)(H,19,20). The average Bonchev–Trinajstić information content (AvgIpc) is 2.82. The molecule has 2 rings (SSSR count). The summed E-state index contributed by atoms with van der Waals surface area (Å²) >= 11 is 1.36. The molecule has 0 unspecified atom stereocenters. The van der Waals surface area contributed by atoms with Gasteiger partial charge in [-0.05, 0) is 19.8 Å². The zero-order valence-electron chi connectivity index (χ0n) is 12.7. The Morgan fingerprint density at radius 1 is 1.29 bits per heavy atom. The smallest absolute Gasteiger partial charge is 0.329 e. The number of carbonyl (C=O) groups is 2. The molecule has 1 aliphatic rings. The van der Waals surface area contributed by atoms with E-state index in [2.05, 4.69) is 10.3 Å². The lowest BCUT2D eigenvalue weighted by atomic mass is 9.81. The molecule has 21 heavy (non-hydrogen) atoms. The van der Waals surface area contributed by atoms with E-state index < -0.39 is 11.5 Å². The molecule has 0 spiro atoms. The molecule has 116 valence electrons. The van der Waals surface area contributed by atoms with Crippen molar-refractivity contribution in [3.05, 3.63) is 15.6 Å². The van der Waals surface area contributed by atoms with Gasteiger partial charge in [-0.25, -0.2) is 9.78 Å². The Hall–Kier alpha value is -1.43. The van der Waals surface area contributed by atoms with Gasteiger partial charge in [-0.2, -0.15) is 0 Å². The van der Waals surface area contributed by atoms with Crippen LogP contribution in [-0.2, 0) is 4.79 Å². The third-order valence-electron chi connectivity index (χ3n) is 3.98. The van der Waals surface area contributed by atoms with Crippen LogP contribution >= 0.6 is 11.3 Å². The molecule has 1 aromatic heterocycles. The lowest BCUT2D eigenvalue weighted by Gasteiger charge is -2.33. The van der Waals surface area contributed by atoms with Crippen molar-refractivity contribution in [2.45, 2.75) is 64.3 Å². The van der Waals surface area contributed by atoms with Gasteiger partial charge in [0.2, 0.25) is 0 Å². The summed E-state index contributed by atoms with van der Waals surface area (Å²) in [5.74, 6) is -0.971. The zero-order valence-corrected chi connectivity index (χ0v) is 13.5. The zero-order chi connectivity index (χ0) is 15.6. The predicted octanol–water partition coefficient (Wildman–Crippen LogP) is 3.09. The van der Waals surface area contributed by atoms with Crippen LogP contribution in [-0.4, -0.2) is 27.5 Å². The number of carbonyl (C=O) groups excluding carboxylic acids is 1. The number of hydrogen-bond donors (Lipinski definition) is 2. The minimum absolute atomic E-state index is 0.262. The van der Waals surface area contributed by atoms with Crippen molar-refractivity contribution in [2.24, 2.45) is 0 Å². The predicted molar refractivity (Wildman–Crippen MR) is 81.9 cm³/mol. The van der Waals surface area contributed by atoms with E-state index in [0.29, 0.717) is 23.4 Å². The van der Waals surface area contributed by atoms with E-state index in [1.165, 1.54) is 11.3 Å². The van der Waals surface area contributed by atoms with Crippen LogP contribution in [0.1, 0.15) is 72.2 Å². The Bertz CT molecular complexity index is 545.